The second kappa shape index (κ2) is 8.87. The van der Waals surface area contributed by atoms with Crippen LogP contribution in [0.1, 0.15) is 50.2 Å². The van der Waals surface area contributed by atoms with Crippen molar-refractivity contribution in [1.82, 2.24) is 4.31 Å². The highest BCUT2D eigenvalue weighted by atomic mass is 32.2. The second-order valence-electron chi connectivity index (χ2n) is 8.75. The lowest BCUT2D eigenvalue weighted by atomic mass is 9.63. The number of ether oxygens (including phenoxy) is 1. The smallest absolute Gasteiger partial charge is 0.317 e. The second-order valence-corrected chi connectivity index (χ2v) is 10.0. The van der Waals surface area contributed by atoms with Crippen molar-refractivity contribution in [2.24, 2.45) is 5.92 Å². The van der Waals surface area contributed by atoms with E-state index in [1.165, 1.54) is 13.2 Å². The highest BCUT2D eigenvalue weighted by Gasteiger charge is 2.54. The zero-order valence-electron chi connectivity index (χ0n) is 17.8. The molecule has 1 aliphatic heterocycles. The Morgan fingerprint density at radius 3 is 2.65 bits per heavy atom. The van der Waals surface area contributed by atoms with Gasteiger partial charge in [-0.05, 0) is 44.2 Å². The fourth-order valence-corrected chi connectivity index (χ4v) is 6.22. The predicted octanol–water partition coefficient (Wildman–Crippen LogP) is 4.87. The summed E-state index contributed by atoms with van der Waals surface area (Å²) in [5.74, 6) is -1.64. The first-order chi connectivity index (χ1) is 14.8. The molecule has 166 valence electrons. The molecule has 0 radical (unpaired) electrons. The third-order valence-electron chi connectivity index (χ3n) is 6.67. The Hall–Kier alpha value is -1.99. The summed E-state index contributed by atoms with van der Waals surface area (Å²) in [5.41, 5.74) is -1.24. The molecule has 0 bridgehead atoms. The number of rotatable bonds is 5. The normalized spacial score (nSPS) is 27.7. The number of benzene rings is 1. The van der Waals surface area contributed by atoms with Gasteiger partial charge in [0.25, 0.3) is 0 Å². The van der Waals surface area contributed by atoms with Crippen LogP contribution >= 0.6 is 11.9 Å². The summed E-state index contributed by atoms with van der Waals surface area (Å²) >= 11 is 1.73. The van der Waals surface area contributed by atoms with Crippen molar-refractivity contribution in [3.05, 3.63) is 59.2 Å². The zero-order chi connectivity index (χ0) is 22.2. The largest absolute Gasteiger partial charge is 0.468 e. The molecule has 31 heavy (non-hydrogen) atoms. The summed E-state index contributed by atoms with van der Waals surface area (Å²) in [6, 6.07) is 2.51. The minimum atomic E-state index is -1.41. The number of allylic oxidation sites excluding steroid dienone is 4. The molecular weight excluding hydrogens is 420 g/mol. The van der Waals surface area contributed by atoms with E-state index in [0.29, 0.717) is 11.2 Å². The molecule has 0 aromatic heterocycles. The molecule has 2 fully saturated rings. The number of carbonyl (C=O) groups is 2. The molecule has 2 aliphatic carbocycles. The molecule has 4 rings (SSSR count). The Bertz CT molecular complexity index is 937. The molecule has 7 heteroatoms. The maximum Gasteiger partial charge on any atom is 0.317 e. The summed E-state index contributed by atoms with van der Waals surface area (Å²) in [6.45, 7) is 2.39. The van der Waals surface area contributed by atoms with Gasteiger partial charge in [0.15, 0.2) is 0 Å². The highest BCUT2D eigenvalue weighted by Crippen LogP contribution is 2.45. The van der Waals surface area contributed by atoms with Gasteiger partial charge in [0, 0.05) is 41.8 Å². The van der Waals surface area contributed by atoms with Gasteiger partial charge in [-0.15, -0.1) is 0 Å². The molecule has 1 unspecified atom stereocenters. The molecule has 1 saturated heterocycles. The fourth-order valence-electron chi connectivity index (χ4n) is 4.75. The number of hydrogen-bond donors (Lipinski definition) is 0. The molecule has 0 amide bonds. The quantitative estimate of drug-likeness (QED) is 0.476. The van der Waals surface area contributed by atoms with Crippen molar-refractivity contribution in [2.75, 3.05) is 7.11 Å². The van der Waals surface area contributed by atoms with E-state index in [9.17, 15) is 9.59 Å². The average molecular weight is 448 g/mol. The zero-order valence-corrected chi connectivity index (χ0v) is 18.6. The molecule has 1 aromatic carbocycles. The molecule has 0 N–H and O–H groups in total. The molecule has 4 nitrogen and oxygen atoms in total. The number of carbonyl (C=O) groups excluding carboxylic acids is 2. The van der Waals surface area contributed by atoms with Crippen LogP contribution in [0.15, 0.2) is 36.4 Å². The van der Waals surface area contributed by atoms with E-state index in [1.54, 1.807) is 11.9 Å². The van der Waals surface area contributed by atoms with Crippen molar-refractivity contribution in [1.29, 1.82) is 0 Å². The van der Waals surface area contributed by atoms with Gasteiger partial charge in [0.2, 0.25) is 0 Å². The van der Waals surface area contributed by atoms with Crippen LogP contribution in [0.25, 0.3) is 0 Å². The number of esters is 1. The van der Waals surface area contributed by atoms with E-state index in [1.807, 2.05) is 0 Å². The summed E-state index contributed by atoms with van der Waals surface area (Å²) in [7, 11) is 1.19. The van der Waals surface area contributed by atoms with Crippen LogP contribution in [0.2, 0.25) is 0 Å². The molecule has 1 aromatic rings. The highest BCUT2D eigenvalue weighted by molar-refractivity contribution is 7.97. The summed E-state index contributed by atoms with van der Waals surface area (Å²) in [5, 5.41) is 0.410. The topological polar surface area (TPSA) is 46.6 Å². The number of Topliss-reactive ketones (excluding diaryl/α,β-unsaturated/α-hetero) is 1. The van der Waals surface area contributed by atoms with Gasteiger partial charge in [-0.3, -0.25) is 9.59 Å². The van der Waals surface area contributed by atoms with Gasteiger partial charge in [0.1, 0.15) is 22.8 Å². The first-order valence-electron chi connectivity index (χ1n) is 10.7. The third kappa shape index (κ3) is 4.22. The van der Waals surface area contributed by atoms with Crippen LogP contribution < -0.4 is 0 Å². The lowest BCUT2D eigenvalue weighted by molar-refractivity contribution is -0.156. The monoisotopic (exact) mass is 447 g/mol. The Labute approximate surface area is 185 Å². The Morgan fingerprint density at radius 1 is 1.23 bits per heavy atom. The number of halogens is 2. The van der Waals surface area contributed by atoms with E-state index in [4.69, 9.17) is 4.74 Å². The first-order valence-corrected chi connectivity index (χ1v) is 11.5. The van der Waals surface area contributed by atoms with Crippen molar-refractivity contribution in [3.8, 4) is 0 Å². The maximum absolute atomic E-state index is 15.1. The maximum atomic E-state index is 15.1. The van der Waals surface area contributed by atoms with Gasteiger partial charge >= 0.3 is 5.97 Å². The number of hydrogen-bond acceptors (Lipinski definition) is 5. The SMILES string of the molecule is COC(=O)C1(c2cc(F)c(CN3S[C@@H](C4C=CC=CC4)CC[C@@H]3C)cc2F)CC(=O)C1. The average Bonchev–Trinajstić information content (AvgIpc) is 2.75. The molecule has 3 aliphatic rings. The van der Waals surface area contributed by atoms with Crippen LogP contribution in [0, 0.1) is 17.6 Å². The lowest BCUT2D eigenvalue weighted by Gasteiger charge is -2.40. The van der Waals surface area contributed by atoms with Gasteiger partial charge in [0.05, 0.1) is 7.11 Å². The Kier molecular flexibility index (Phi) is 6.35. The number of methoxy groups -OCH3 is 1. The van der Waals surface area contributed by atoms with Crippen LogP contribution in [-0.4, -0.2) is 34.5 Å². The molecule has 0 spiro atoms. The standard InChI is InChI=1S/C24H27F2NO3S/c1-15-8-9-22(16-6-4-3-5-7-16)31-27(15)14-17-10-21(26)19(11-20(17)25)24(23(29)30-2)12-18(28)13-24/h3-6,10-11,15-16,22H,7-9,12-14H2,1-2H3/t15-,16?,22+/m0/s1. The van der Waals surface area contributed by atoms with Crippen molar-refractivity contribution < 1.29 is 23.1 Å². The van der Waals surface area contributed by atoms with Gasteiger partial charge < -0.3 is 4.74 Å². The Morgan fingerprint density at radius 2 is 2.00 bits per heavy atom. The molecule has 1 saturated carbocycles. The molecule has 1 heterocycles. The van der Waals surface area contributed by atoms with Crippen molar-refractivity contribution >= 4 is 23.7 Å². The summed E-state index contributed by atoms with van der Waals surface area (Å²) in [4.78, 5) is 23.9. The number of nitrogens with zero attached hydrogens (tertiary/aromatic N) is 1. The van der Waals surface area contributed by atoms with Gasteiger partial charge in [-0.2, -0.15) is 0 Å². The summed E-state index contributed by atoms with van der Waals surface area (Å²) < 4.78 is 37.0. The van der Waals surface area contributed by atoms with Crippen molar-refractivity contribution in [3.63, 3.8) is 0 Å². The minimum Gasteiger partial charge on any atom is -0.468 e. The van der Waals surface area contributed by atoms with Crippen LogP contribution in [0.4, 0.5) is 8.78 Å². The van der Waals surface area contributed by atoms with Crippen LogP contribution in [-0.2, 0) is 26.3 Å². The van der Waals surface area contributed by atoms with Crippen LogP contribution in [0.5, 0.6) is 0 Å². The predicted molar refractivity (Wildman–Crippen MR) is 116 cm³/mol. The van der Waals surface area contributed by atoms with Crippen molar-refractivity contribution in [2.45, 2.75) is 62.3 Å². The van der Waals surface area contributed by atoms with E-state index >= 15 is 8.78 Å². The summed E-state index contributed by atoms with van der Waals surface area (Å²) in [6.07, 6.45) is 11.3. The van der Waals surface area contributed by atoms with Gasteiger partial charge in [-0.25, -0.2) is 13.1 Å². The lowest BCUT2D eigenvalue weighted by Crippen LogP contribution is -2.49. The molecule has 3 atom stereocenters. The van der Waals surface area contributed by atoms with Gasteiger partial charge in [-0.1, -0.05) is 36.3 Å². The Balaban J connectivity index is 1.54. The molecular formula is C24H27F2NO3S. The van der Waals surface area contributed by atoms with Crippen LogP contribution in [0.3, 0.4) is 0 Å². The fraction of sp³-hybridized carbons (Fsp3) is 0.500. The van der Waals surface area contributed by atoms with E-state index in [-0.39, 0.29) is 42.3 Å². The third-order valence-corrected chi connectivity index (χ3v) is 8.29. The minimum absolute atomic E-state index is 0.0865. The first kappa shape index (κ1) is 22.2. The van der Waals surface area contributed by atoms with E-state index in [2.05, 4.69) is 35.5 Å². The van der Waals surface area contributed by atoms with E-state index in [0.717, 1.165) is 25.3 Å². The number of ketones is 1. The van der Waals surface area contributed by atoms with E-state index < -0.39 is 23.0 Å².